The molecule has 10 heteroatoms. The molecule has 1 unspecified atom stereocenters. The van der Waals surface area contributed by atoms with Crippen molar-refractivity contribution in [1.29, 1.82) is 0 Å². The van der Waals surface area contributed by atoms with Gasteiger partial charge in [-0.15, -0.1) is 11.8 Å². The second kappa shape index (κ2) is 14.6. The predicted molar refractivity (Wildman–Crippen MR) is 170 cm³/mol. The zero-order valence-corrected chi connectivity index (χ0v) is 25.0. The summed E-state index contributed by atoms with van der Waals surface area (Å²) < 4.78 is 5.21. The molecule has 1 atom stereocenters. The first-order valence-electron chi connectivity index (χ1n) is 12.8. The monoisotopic (exact) mass is 619 g/mol. The fourth-order valence-electron chi connectivity index (χ4n) is 3.74. The number of halogens is 2. The van der Waals surface area contributed by atoms with Crippen LogP contribution >= 0.6 is 35.0 Å². The molecule has 4 aromatic carbocycles. The largest absolute Gasteiger partial charge is 0.497 e. The third-order valence-electron chi connectivity index (χ3n) is 5.92. The number of hydrogen-bond donors (Lipinski definition) is 3. The van der Waals surface area contributed by atoms with Crippen molar-refractivity contribution < 1.29 is 19.1 Å². The predicted octanol–water partition coefficient (Wildman–Crippen LogP) is 7.53. The Morgan fingerprint density at radius 1 is 0.857 bits per heavy atom. The van der Waals surface area contributed by atoms with Gasteiger partial charge in [0.2, 0.25) is 5.91 Å². The van der Waals surface area contributed by atoms with Crippen LogP contribution in [0.15, 0.2) is 108 Å². The molecule has 214 valence electrons. The molecule has 0 radical (unpaired) electrons. The van der Waals surface area contributed by atoms with Gasteiger partial charge in [-0.1, -0.05) is 59.6 Å². The minimum absolute atomic E-state index is 0.0552. The first kappa shape index (κ1) is 30.7. The number of benzene rings is 4. The fraction of sp³-hybridized carbons (Fsp3) is 0.0938. The molecule has 0 aliphatic carbocycles. The Morgan fingerprint density at radius 3 is 2.29 bits per heavy atom. The van der Waals surface area contributed by atoms with Gasteiger partial charge in [0.05, 0.1) is 23.1 Å². The molecule has 4 aromatic rings. The van der Waals surface area contributed by atoms with E-state index in [-0.39, 0.29) is 11.6 Å². The molecule has 4 rings (SSSR count). The lowest BCUT2D eigenvalue weighted by Crippen LogP contribution is -2.30. The molecule has 0 fully saturated rings. The molecule has 0 aliphatic heterocycles. The standard InChI is InChI=1S/C32H27Cl2N3O4S/c1-20(30(38)36-28-16-13-23(33)18-27(28)34)42-26-10-6-9-24(19-26)35-32(40)29(17-21-11-14-25(41-2)15-12-21)37-31(39)22-7-4-3-5-8-22/h3-20H,1-2H3,(H,35,40)(H,36,38)(H,37,39)/b29-17+. The molecule has 0 saturated carbocycles. The number of nitrogens with one attached hydrogen (secondary N) is 3. The highest BCUT2D eigenvalue weighted by Crippen LogP contribution is 2.29. The van der Waals surface area contributed by atoms with Crippen LogP contribution in [0.3, 0.4) is 0 Å². The molecular formula is C32H27Cl2N3O4S. The van der Waals surface area contributed by atoms with E-state index in [1.165, 1.54) is 11.8 Å². The quantitative estimate of drug-likeness (QED) is 0.126. The van der Waals surface area contributed by atoms with E-state index < -0.39 is 17.1 Å². The number of anilines is 2. The van der Waals surface area contributed by atoms with Crippen LogP contribution in [-0.4, -0.2) is 30.1 Å². The van der Waals surface area contributed by atoms with E-state index in [9.17, 15) is 14.4 Å². The van der Waals surface area contributed by atoms with Crippen LogP contribution in [0.1, 0.15) is 22.8 Å². The Labute approximate surface area is 258 Å². The number of ether oxygens (including phenoxy) is 1. The molecule has 3 amide bonds. The highest BCUT2D eigenvalue weighted by atomic mass is 35.5. The lowest BCUT2D eigenvalue weighted by Gasteiger charge is -2.15. The number of thioether (sulfide) groups is 1. The summed E-state index contributed by atoms with van der Waals surface area (Å²) in [5, 5.41) is 8.72. The second-order valence-electron chi connectivity index (χ2n) is 9.01. The van der Waals surface area contributed by atoms with Crippen LogP contribution in [0.25, 0.3) is 6.08 Å². The topological polar surface area (TPSA) is 96.5 Å². The number of methoxy groups -OCH3 is 1. The summed E-state index contributed by atoms with van der Waals surface area (Å²) in [7, 11) is 1.57. The zero-order valence-electron chi connectivity index (χ0n) is 22.7. The van der Waals surface area contributed by atoms with Crippen molar-refractivity contribution in [1.82, 2.24) is 5.32 Å². The molecule has 0 aromatic heterocycles. The van der Waals surface area contributed by atoms with Gasteiger partial charge in [-0.3, -0.25) is 14.4 Å². The van der Waals surface area contributed by atoms with Gasteiger partial charge in [0.15, 0.2) is 0 Å². The van der Waals surface area contributed by atoms with E-state index in [0.717, 1.165) is 4.90 Å². The lowest BCUT2D eigenvalue weighted by atomic mass is 10.1. The van der Waals surface area contributed by atoms with Crippen LogP contribution in [0.4, 0.5) is 11.4 Å². The van der Waals surface area contributed by atoms with Crippen molar-refractivity contribution in [2.24, 2.45) is 0 Å². The van der Waals surface area contributed by atoms with Crippen molar-refractivity contribution in [2.45, 2.75) is 17.1 Å². The summed E-state index contributed by atoms with van der Waals surface area (Å²) >= 11 is 13.4. The number of carbonyl (C=O) groups is 3. The third-order valence-corrected chi connectivity index (χ3v) is 7.56. The summed E-state index contributed by atoms with van der Waals surface area (Å²) in [6.45, 7) is 1.77. The minimum Gasteiger partial charge on any atom is -0.497 e. The fourth-order valence-corrected chi connectivity index (χ4v) is 5.12. The Morgan fingerprint density at radius 2 is 1.60 bits per heavy atom. The number of rotatable bonds is 10. The molecule has 0 aliphatic rings. The average Bonchev–Trinajstić information content (AvgIpc) is 2.99. The molecular weight excluding hydrogens is 593 g/mol. The molecule has 0 saturated heterocycles. The van der Waals surface area contributed by atoms with Gasteiger partial charge < -0.3 is 20.7 Å². The van der Waals surface area contributed by atoms with Crippen LogP contribution in [0, 0.1) is 0 Å². The Hall–Kier alpha value is -4.24. The van der Waals surface area contributed by atoms with Gasteiger partial charge in [-0.05, 0) is 79.2 Å². The van der Waals surface area contributed by atoms with Crippen molar-refractivity contribution >= 4 is 70.1 Å². The molecule has 42 heavy (non-hydrogen) atoms. The summed E-state index contributed by atoms with van der Waals surface area (Å²) in [5.74, 6) is -0.511. The van der Waals surface area contributed by atoms with Gasteiger partial charge in [-0.2, -0.15) is 0 Å². The van der Waals surface area contributed by atoms with Crippen LogP contribution in [0.5, 0.6) is 5.75 Å². The smallest absolute Gasteiger partial charge is 0.272 e. The van der Waals surface area contributed by atoms with Crippen molar-refractivity contribution in [3.63, 3.8) is 0 Å². The number of hydrogen-bond acceptors (Lipinski definition) is 5. The minimum atomic E-state index is -0.513. The maximum atomic E-state index is 13.4. The lowest BCUT2D eigenvalue weighted by molar-refractivity contribution is -0.115. The highest BCUT2D eigenvalue weighted by molar-refractivity contribution is 8.00. The van der Waals surface area contributed by atoms with Crippen molar-refractivity contribution in [3.8, 4) is 5.75 Å². The second-order valence-corrected chi connectivity index (χ2v) is 11.3. The highest BCUT2D eigenvalue weighted by Gasteiger charge is 2.18. The van der Waals surface area contributed by atoms with Crippen LogP contribution in [-0.2, 0) is 9.59 Å². The van der Waals surface area contributed by atoms with E-state index in [2.05, 4.69) is 16.0 Å². The van der Waals surface area contributed by atoms with E-state index in [1.54, 1.807) is 111 Å². The maximum Gasteiger partial charge on any atom is 0.272 e. The average molecular weight is 621 g/mol. The van der Waals surface area contributed by atoms with Gasteiger partial charge in [0.1, 0.15) is 11.4 Å². The molecule has 0 bridgehead atoms. The first-order valence-corrected chi connectivity index (χ1v) is 14.4. The molecule has 0 heterocycles. The zero-order chi connectivity index (χ0) is 30.1. The summed E-state index contributed by atoms with van der Waals surface area (Å²) in [5.41, 5.74) is 2.12. The third kappa shape index (κ3) is 8.63. The maximum absolute atomic E-state index is 13.4. The summed E-state index contributed by atoms with van der Waals surface area (Å²) in [6.07, 6.45) is 1.59. The SMILES string of the molecule is COc1ccc(/C=C(/NC(=O)c2ccccc2)C(=O)Nc2cccc(SC(C)C(=O)Nc3ccc(Cl)cc3Cl)c2)cc1. The van der Waals surface area contributed by atoms with Crippen molar-refractivity contribution in [3.05, 3.63) is 124 Å². The van der Waals surface area contributed by atoms with Gasteiger partial charge in [0.25, 0.3) is 11.8 Å². The molecule has 0 spiro atoms. The van der Waals surface area contributed by atoms with E-state index in [1.807, 2.05) is 6.07 Å². The summed E-state index contributed by atoms with van der Waals surface area (Å²) in [6, 6.07) is 27.6. The normalized spacial score (nSPS) is 11.8. The van der Waals surface area contributed by atoms with Gasteiger partial charge in [0, 0.05) is 21.2 Å². The number of amides is 3. The van der Waals surface area contributed by atoms with Gasteiger partial charge >= 0.3 is 0 Å². The first-order chi connectivity index (χ1) is 20.2. The Kier molecular flexibility index (Phi) is 10.7. The van der Waals surface area contributed by atoms with E-state index >= 15 is 0 Å². The van der Waals surface area contributed by atoms with E-state index in [4.69, 9.17) is 27.9 Å². The Balaban J connectivity index is 1.48. The summed E-state index contributed by atoms with van der Waals surface area (Å²) in [4.78, 5) is 39.8. The molecule has 3 N–H and O–H groups in total. The van der Waals surface area contributed by atoms with Crippen LogP contribution in [0.2, 0.25) is 10.0 Å². The van der Waals surface area contributed by atoms with Crippen molar-refractivity contribution in [2.75, 3.05) is 17.7 Å². The molecule has 7 nitrogen and oxygen atoms in total. The van der Waals surface area contributed by atoms with Crippen LogP contribution < -0.4 is 20.7 Å². The van der Waals surface area contributed by atoms with E-state index in [0.29, 0.717) is 38.3 Å². The Bertz CT molecular complexity index is 1610. The number of carbonyl (C=O) groups excluding carboxylic acids is 3. The van der Waals surface area contributed by atoms with Gasteiger partial charge in [-0.25, -0.2) is 0 Å².